The molecule has 0 amide bonds. The summed E-state index contributed by atoms with van der Waals surface area (Å²) < 4.78 is 0. The molecule has 5 heteroatoms. The van der Waals surface area contributed by atoms with Crippen molar-refractivity contribution in [3.8, 4) is 0 Å². The molecule has 0 radical (unpaired) electrons. The van der Waals surface area contributed by atoms with Crippen LogP contribution in [-0.4, -0.2) is 31.5 Å². The molecule has 0 unspecified atom stereocenters. The number of aromatic nitrogens is 3. The molecule has 3 aliphatic carbocycles. The molecule has 1 N–H and O–H groups in total. The van der Waals surface area contributed by atoms with E-state index in [-0.39, 0.29) is 17.7 Å². The highest BCUT2D eigenvalue weighted by Crippen LogP contribution is 2.60. The van der Waals surface area contributed by atoms with E-state index in [0.717, 1.165) is 48.0 Å². The standard InChI is InChI=1S/C28H41N3O2/c1-4-7-24-23-11-10-19-16-28(3,33)15-13-21(19)22(23)12-14-27(24,2)17-20(32)18-31-29-25-8-5-6-9-26(25)30-31/h5-6,8-9,19,21-24,33H,4,7,10-18H2,1-3H3/t19-,21+,22-,23-,24+,27-,28-/m1/s1. The van der Waals surface area contributed by atoms with Gasteiger partial charge in [-0.3, -0.25) is 4.79 Å². The maximum absolute atomic E-state index is 13.2. The minimum atomic E-state index is -0.461. The molecule has 180 valence electrons. The summed E-state index contributed by atoms with van der Waals surface area (Å²) in [5.41, 5.74) is 1.32. The maximum atomic E-state index is 13.2. The predicted molar refractivity (Wildman–Crippen MR) is 131 cm³/mol. The Labute approximate surface area is 198 Å². The third kappa shape index (κ3) is 4.50. The van der Waals surface area contributed by atoms with Gasteiger partial charge in [-0.1, -0.05) is 32.4 Å². The summed E-state index contributed by atoms with van der Waals surface area (Å²) in [6.45, 7) is 7.01. The predicted octanol–water partition coefficient (Wildman–Crippen LogP) is 5.80. The van der Waals surface area contributed by atoms with Gasteiger partial charge in [-0.05, 0) is 105 Å². The van der Waals surface area contributed by atoms with Gasteiger partial charge in [0.05, 0.1) is 5.60 Å². The fourth-order valence-electron chi connectivity index (χ4n) is 8.21. The fraction of sp³-hybridized carbons (Fsp3) is 0.750. The summed E-state index contributed by atoms with van der Waals surface area (Å²) in [4.78, 5) is 14.8. The Kier molecular flexibility index (Phi) is 6.13. The quantitative estimate of drug-likeness (QED) is 0.603. The zero-order chi connectivity index (χ0) is 23.2. The molecule has 5 rings (SSSR count). The molecule has 0 spiro atoms. The molecule has 7 atom stereocenters. The minimum Gasteiger partial charge on any atom is -0.390 e. The normalized spacial score (nSPS) is 38.6. The van der Waals surface area contributed by atoms with Crippen LogP contribution >= 0.6 is 0 Å². The average Bonchev–Trinajstić information content (AvgIpc) is 3.16. The van der Waals surface area contributed by atoms with Crippen LogP contribution in [-0.2, 0) is 11.3 Å². The van der Waals surface area contributed by atoms with E-state index in [2.05, 4.69) is 24.0 Å². The SMILES string of the molecule is CCC[C@H]1[C@@H]2CC[C@@H]3C[C@](C)(O)CC[C@@H]3[C@H]2CC[C@]1(C)CC(=O)Cn1nc2ccccc2n1. The van der Waals surface area contributed by atoms with Crippen molar-refractivity contribution in [2.24, 2.45) is 35.0 Å². The van der Waals surface area contributed by atoms with Crippen LogP contribution in [0, 0.1) is 35.0 Å². The summed E-state index contributed by atoms with van der Waals surface area (Å²) in [6.07, 6.45) is 11.1. The molecule has 0 aliphatic heterocycles. The van der Waals surface area contributed by atoms with Crippen molar-refractivity contribution >= 4 is 16.8 Å². The van der Waals surface area contributed by atoms with Gasteiger partial charge >= 0.3 is 0 Å². The third-order valence-electron chi connectivity index (χ3n) is 9.60. The zero-order valence-electron chi connectivity index (χ0n) is 20.7. The van der Waals surface area contributed by atoms with Crippen LogP contribution in [0.4, 0.5) is 0 Å². The highest BCUT2D eigenvalue weighted by atomic mass is 16.3. The first-order chi connectivity index (χ1) is 15.8. The molecule has 1 heterocycles. The van der Waals surface area contributed by atoms with Crippen molar-refractivity contribution in [3.63, 3.8) is 0 Å². The number of Topliss-reactive ketones (excluding diaryl/α,β-unsaturated/α-hetero) is 1. The van der Waals surface area contributed by atoms with Crippen molar-refractivity contribution < 1.29 is 9.90 Å². The van der Waals surface area contributed by atoms with Crippen LogP contribution < -0.4 is 0 Å². The van der Waals surface area contributed by atoms with Crippen molar-refractivity contribution in [1.82, 2.24) is 15.0 Å². The van der Waals surface area contributed by atoms with Gasteiger partial charge in [0.2, 0.25) is 0 Å². The number of rotatable bonds is 6. The molecule has 33 heavy (non-hydrogen) atoms. The largest absolute Gasteiger partial charge is 0.390 e. The van der Waals surface area contributed by atoms with Gasteiger partial charge in [-0.2, -0.15) is 15.0 Å². The number of hydrogen-bond donors (Lipinski definition) is 1. The first kappa shape index (κ1) is 23.0. The molecule has 3 saturated carbocycles. The van der Waals surface area contributed by atoms with Gasteiger partial charge in [0.25, 0.3) is 0 Å². The van der Waals surface area contributed by atoms with Crippen LogP contribution in [0.25, 0.3) is 11.0 Å². The van der Waals surface area contributed by atoms with E-state index in [1.54, 1.807) is 4.80 Å². The summed E-state index contributed by atoms with van der Waals surface area (Å²) in [7, 11) is 0. The lowest BCUT2D eigenvalue weighted by Gasteiger charge is -2.57. The second-order valence-corrected chi connectivity index (χ2v) is 12.1. The second-order valence-electron chi connectivity index (χ2n) is 12.1. The van der Waals surface area contributed by atoms with Gasteiger partial charge in [0, 0.05) is 6.42 Å². The Hall–Kier alpha value is -1.75. The van der Waals surface area contributed by atoms with Crippen molar-refractivity contribution in [2.45, 2.75) is 97.1 Å². The van der Waals surface area contributed by atoms with Crippen LogP contribution in [0.1, 0.15) is 85.0 Å². The fourth-order valence-corrected chi connectivity index (χ4v) is 8.21. The molecule has 1 aromatic carbocycles. The van der Waals surface area contributed by atoms with E-state index < -0.39 is 5.60 Å². The Morgan fingerprint density at radius 3 is 2.42 bits per heavy atom. The number of hydrogen-bond acceptors (Lipinski definition) is 4. The van der Waals surface area contributed by atoms with E-state index in [9.17, 15) is 9.90 Å². The van der Waals surface area contributed by atoms with Crippen molar-refractivity contribution in [3.05, 3.63) is 24.3 Å². The summed E-state index contributed by atoms with van der Waals surface area (Å²) in [6, 6.07) is 7.81. The van der Waals surface area contributed by atoms with Gasteiger partial charge in [-0.25, -0.2) is 0 Å². The molecule has 3 aliphatic rings. The number of aliphatic hydroxyl groups is 1. The van der Waals surface area contributed by atoms with Crippen molar-refractivity contribution in [2.75, 3.05) is 0 Å². The Balaban J connectivity index is 1.30. The van der Waals surface area contributed by atoms with Crippen LogP contribution in [0.2, 0.25) is 0 Å². The van der Waals surface area contributed by atoms with Gasteiger partial charge in [0.1, 0.15) is 17.6 Å². The monoisotopic (exact) mass is 451 g/mol. The lowest BCUT2D eigenvalue weighted by atomic mass is 9.48. The average molecular weight is 452 g/mol. The summed E-state index contributed by atoms with van der Waals surface area (Å²) >= 11 is 0. The first-order valence-electron chi connectivity index (χ1n) is 13.3. The number of carbonyl (C=O) groups is 1. The molecular formula is C28H41N3O2. The number of ketones is 1. The maximum Gasteiger partial charge on any atom is 0.156 e. The van der Waals surface area contributed by atoms with E-state index in [1.165, 1.54) is 38.5 Å². The highest BCUT2D eigenvalue weighted by molar-refractivity contribution is 5.79. The zero-order valence-corrected chi connectivity index (χ0v) is 20.7. The van der Waals surface area contributed by atoms with Crippen LogP contribution in [0.5, 0.6) is 0 Å². The van der Waals surface area contributed by atoms with E-state index in [4.69, 9.17) is 0 Å². The van der Waals surface area contributed by atoms with Gasteiger partial charge in [-0.15, -0.1) is 0 Å². The number of nitrogens with zero attached hydrogens (tertiary/aromatic N) is 3. The molecule has 3 fully saturated rings. The Bertz CT molecular complexity index is 965. The lowest BCUT2D eigenvalue weighted by Crippen LogP contribution is -2.51. The Morgan fingerprint density at radius 1 is 1.03 bits per heavy atom. The molecule has 2 aromatic rings. The minimum absolute atomic E-state index is 0.0772. The first-order valence-corrected chi connectivity index (χ1v) is 13.3. The van der Waals surface area contributed by atoms with E-state index in [0.29, 0.717) is 18.3 Å². The number of carbonyl (C=O) groups excluding carboxylic acids is 1. The molecule has 1 aromatic heterocycles. The lowest BCUT2D eigenvalue weighted by molar-refractivity contribution is -0.130. The highest BCUT2D eigenvalue weighted by Gasteiger charge is 2.53. The number of fused-ring (bicyclic) bond motifs is 4. The second kappa shape index (κ2) is 8.79. The number of benzene rings is 1. The van der Waals surface area contributed by atoms with Crippen LogP contribution in [0.3, 0.4) is 0 Å². The van der Waals surface area contributed by atoms with Crippen molar-refractivity contribution in [1.29, 1.82) is 0 Å². The van der Waals surface area contributed by atoms with Gasteiger partial charge < -0.3 is 5.11 Å². The molecule has 0 bridgehead atoms. The summed E-state index contributed by atoms with van der Waals surface area (Å²) in [5.74, 6) is 3.90. The third-order valence-corrected chi connectivity index (χ3v) is 9.60. The molecule has 5 nitrogen and oxygen atoms in total. The molecule has 0 saturated heterocycles. The summed E-state index contributed by atoms with van der Waals surface area (Å²) in [5, 5.41) is 19.7. The van der Waals surface area contributed by atoms with Gasteiger partial charge in [0.15, 0.2) is 5.78 Å². The van der Waals surface area contributed by atoms with E-state index >= 15 is 0 Å². The van der Waals surface area contributed by atoms with E-state index in [1.807, 2.05) is 31.2 Å². The Morgan fingerprint density at radius 2 is 1.73 bits per heavy atom. The van der Waals surface area contributed by atoms with Crippen LogP contribution in [0.15, 0.2) is 24.3 Å². The molecular weight excluding hydrogens is 410 g/mol. The topological polar surface area (TPSA) is 68.0 Å². The smallest absolute Gasteiger partial charge is 0.156 e.